The molecular weight excluding hydrogens is 586 g/mol. The van der Waals surface area contributed by atoms with E-state index in [9.17, 15) is 0 Å². The second-order valence-corrected chi connectivity index (χ2v) is 39.8. The van der Waals surface area contributed by atoms with Crippen molar-refractivity contribution in [3.8, 4) is 0 Å². The second kappa shape index (κ2) is 15.6. The fourth-order valence-corrected chi connectivity index (χ4v) is 66.4. The van der Waals surface area contributed by atoms with Crippen molar-refractivity contribution in [3.05, 3.63) is 0 Å². The van der Waals surface area contributed by atoms with Crippen LogP contribution in [0.1, 0.15) is 132 Å². The maximum atomic E-state index is 2.80. The van der Waals surface area contributed by atoms with Crippen molar-refractivity contribution < 1.29 is 0 Å². The van der Waals surface area contributed by atoms with Gasteiger partial charge in [0.05, 0.1) is 0 Å². The van der Waals surface area contributed by atoms with Gasteiger partial charge in [0.25, 0.3) is 0 Å². The summed E-state index contributed by atoms with van der Waals surface area (Å²) in [5.41, 5.74) is 0.733. The van der Waals surface area contributed by atoms with Crippen molar-refractivity contribution in [1.82, 2.24) is 0 Å². The summed E-state index contributed by atoms with van der Waals surface area (Å²) in [7, 11) is 0. The van der Waals surface area contributed by atoms with Gasteiger partial charge in [0.15, 0.2) is 0 Å². The maximum absolute atomic E-state index is 2.80. The van der Waals surface area contributed by atoms with Crippen LogP contribution in [-0.4, -0.2) is 36.8 Å². The molecule has 0 bridgehead atoms. The molecule has 0 aliphatic heterocycles. The molecule has 0 nitrogen and oxygen atoms in total. The number of hydrogen-bond donors (Lipinski definition) is 0. The van der Waals surface area contributed by atoms with Crippen LogP contribution in [0.15, 0.2) is 0 Å². The van der Waals surface area contributed by atoms with Gasteiger partial charge in [0.2, 0.25) is 0 Å². The molecule has 1 unspecified atom stereocenters. The van der Waals surface area contributed by atoms with Gasteiger partial charge in [-0.05, 0) is 0 Å². The van der Waals surface area contributed by atoms with Crippen molar-refractivity contribution in [2.45, 2.75) is 167 Å². The van der Waals surface area contributed by atoms with Crippen molar-refractivity contribution in [2.24, 2.45) is 5.41 Å². The van der Waals surface area contributed by atoms with E-state index in [1.807, 2.05) is 0 Å². The monoisotopic (exact) mass is 650 g/mol. The van der Waals surface area contributed by atoms with Gasteiger partial charge in [-0.1, -0.05) is 0 Å². The molecule has 2 heteroatoms. The Bertz CT molecular complexity index is 372. The fraction of sp³-hybridized carbons (Fsp3) is 1.00. The molecule has 2 atom stereocenters. The van der Waals surface area contributed by atoms with Crippen molar-refractivity contribution in [3.63, 3.8) is 0 Å². The molecule has 0 heterocycles. The summed E-state index contributed by atoms with van der Waals surface area (Å²) in [5.74, 6) is 0. The molecule has 1 rings (SSSR count). The average Bonchev–Trinajstić information content (AvgIpc) is 3.36. The molecule has 1 saturated carbocycles. The van der Waals surface area contributed by atoms with E-state index in [-0.39, 0.29) is 0 Å². The standard InChI is InChI=1S/C5H8.6C4H9.2Sn/c1-5(2)3-4-5;6*1-3-4-2;;/h3-4H,1-2H3;6*1,3-4H2,2H3;;. The van der Waals surface area contributed by atoms with Gasteiger partial charge in [-0.3, -0.25) is 0 Å². The predicted molar refractivity (Wildman–Crippen MR) is 151 cm³/mol. The molecular formula is C29H62Sn2. The number of unbranched alkanes of at least 4 members (excludes halogenated alkanes) is 6. The van der Waals surface area contributed by atoms with Gasteiger partial charge < -0.3 is 0 Å². The molecule has 0 aromatic heterocycles. The molecule has 31 heavy (non-hydrogen) atoms. The van der Waals surface area contributed by atoms with Gasteiger partial charge >= 0.3 is 209 Å². The zero-order valence-electron chi connectivity index (χ0n) is 23.4. The Kier molecular flexibility index (Phi) is 15.4. The molecule has 0 saturated heterocycles. The third kappa shape index (κ3) is 8.34. The summed E-state index contributed by atoms with van der Waals surface area (Å²) in [4.78, 5) is 0. The van der Waals surface area contributed by atoms with Crippen LogP contribution < -0.4 is 0 Å². The molecule has 1 aliphatic rings. The molecule has 186 valence electrons. The van der Waals surface area contributed by atoms with Crippen LogP contribution in [0.3, 0.4) is 0 Å². The Morgan fingerprint density at radius 3 is 0.774 bits per heavy atom. The van der Waals surface area contributed by atoms with Gasteiger partial charge in [0.1, 0.15) is 0 Å². The Hall–Kier alpha value is 1.60. The quantitative estimate of drug-likeness (QED) is 0.115. The number of rotatable bonds is 20. The van der Waals surface area contributed by atoms with E-state index in [0.29, 0.717) is 0 Å². The predicted octanol–water partition coefficient (Wildman–Crippen LogP) is 11.5. The molecule has 0 aromatic carbocycles. The van der Waals surface area contributed by atoms with Gasteiger partial charge in [-0.25, -0.2) is 0 Å². The van der Waals surface area contributed by atoms with Crippen LogP contribution in [0.25, 0.3) is 0 Å². The van der Waals surface area contributed by atoms with Gasteiger partial charge in [-0.2, -0.15) is 0 Å². The Morgan fingerprint density at radius 2 is 0.613 bits per heavy atom. The summed E-state index contributed by atoms with van der Waals surface area (Å²) >= 11 is -4.31. The molecule has 0 amide bonds. The average molecular weight is 648 g/mol. The molecule has 0 spiro atoms. The first kappa shape index (κ1) is 30.6. The third-order valence-electron chi connectivity index (χ3n) is 9.32. The van der Waals surface area contributed by atoms with E-state index >= 15 is 0 Å². The van der Waals surface area contributed by atoms with E-state index < -0.39 is 36.8 Å². The van der Waals surface area contributed by atoms with Gasteiger partial charge in [-0.15, -0.1) is 0 Å². The van der Waals surface area contributed by atoms with Crippen LogP contribution in [-0.2, 0) is 0 Å². The van der Waals surface area contributed by atoms with E-state index in [0.717, 1.165) is 5.41 Å². The first-order valence-corrected chi connectivity index (χ1v) is 30.3. The summed E-state index contributed by atoms with van der Waals surface area (Å²) < 4.78 is 13.0. The summed E-state index contributed by atoms with van der Waals surface area (Å²) in [6.45, 7) is 20.3. The fourth-order valence-electron chi connectivity index (χ4n) is 7.78. The zero-order chi connectivity index (χ0) is 23.4. The molecule has 1 fully saturated rings. The van der Waals surface area contributed by atoms with E-state index in [1.54, 1.807) is 65.1 Å². The van der Waals surface area contributed by atoms with Crippen molar-refractivity contribution >= 4 is 36.8 Å². The SMILES string of the molecule is CCC[CH2][Sn]([CH2]CCC)([CH2]CCC)[CH]1[C@H]([Sn]([CH2]CCC)([CH2]CCC)[CH2]CCC)C1(C)C. The summed E-state index contributed by atoms with van der Waals surface area (Å²) in [6.07, 6.45) is 18.0. The first-order chi connectivity index (χ1) is 14.9. The minimum absolute atomic E-state index is 0.733. The topological polar surface area (TPSA) is 0 Å². The van der Waals surface area contributed by atoms with Crippen LogP contribution in [0.4, 0.5) is 0 Å². The zero-order valence-corrected chi connectivity index (χ0v) is 29.1. The summed E-state index contributed by atoms with van der Waals surface area (Å²) in [5, 5.41) is 0. The van der Waals surface area contributed by atoms with Crippen molar-refractivity contribution in [1.29, 1.82) is 0 Å². The minimum atomic E-state index is -2.15. The van der Waals surface area contributed by atoms with Gasteiger partial charge in [0, 0.05) is 0 Å². The third-order valence-corrected chi connectivity index (χ3v) is 48.8. The Labute approximate surface area is 207 Å². The van der Waals surface area contributed by atoms with Crippen LogP contribution >= 0.6 is 0 Å². The second-order valence-electron chi connectivity index (χ2n) is 12.1. The first-order valence-electron chi connectivity index (χ1n) is 14.9. The molecule has 1 aliphatic carbocycles. The normalized spacial score (nSPS) is 20.9. The Morgan fingerprint density at radius 1 is 0.419 bits per heavy atom. The number of hydrogen-bond acceptors (Lipinski definition) is 0. The van der Waals surface area contributed by atoms with Crippen LogP contribution in [0, 0.1) is 5.41 Å². The van der Waals surface area contributed by atoms with E-state index in [4.69, 9.17) is 0 Å². The van der Waals surface area contributed by atoms with Crippen LogP contribution in [0.2, 0.25) is 34.5 Å². The molecule has 0 N–H and O–H groups in total. The van der Waals surface area contributed by atoms with Crippen LogP contribution in [0.5, 0.6) is 0 Å². The van der Waals surface area contributed by atoms with Crippen molar-refractivity contribution in [2.75, 3.05) is 0 Å². The van der Waals surface area contributed by atoms with E-state index in [1.165, 1.54) is 46.4 Å². The Balaban J connectivity index is 3.38. The summed E-state index contributed by atoms with van der Waals surface area (Å²) in [6, 6.07) is 0. The molecule has 0 aromatic rings. The van der Waals surface area contributed by atoms with E-state index in [2.05, 4.69) is 55.4 Å². The molecule has 0 radical (unpaired) electrons.